The van der Waals surface area contributed by atoms with Crippen molar-refractivity contribution in [1.82, 2.24) is 10.6 Å². The van der Waals surface area contributed by atoms with E-state index in [0.717, 1.165) is 38.8 Å². The highest BCUT2D eigenvalue weighted by molar-refractivity contribution is 5.85. The van der Waals surface area contributed by atoms with E-state index >= 15 is 0 Å². The Labute approximate surface area is 128 Å². The fourth-order valence-corrected chi connectivity index (χ4v) is 3.27. The van der Waals surface area contributed by atoms with Gasteiger partial charge in [-0.1, -0.05) is 32.1 Å². The van der Waals surface area contributed by atoms with Crippen LogP contribution in [-0.2, 0) is 9.53 Å². The summed E-state index contributed by atoms with van der Waals surface area (Å²) in [6.45, 7) is 1.73. The summed E-state index contributed by atoms with van der Waals surface area (Å²) >= 11 is 0. The number of methoxy groups -OCH3 is 1. The number of ether oxygens (including phenoxy) is 1. The molecular weight excluding hydrogens is 276 g/mol. The Morgan fingerprint density at radius 1 is 1.10 bits per heavy atom. The maximum atomic E-state index is 12.6. The normalized spacial score (nSPS) is 24.1. The molecule has 20 heavy (non-hydrogen) atoms. The maximum absolute atomic E-state index is 12.6. The number of carbonyl (C=O) groups is 1. The highest BCUT2D eigenvalue weighted by atomic mass is 35.5. The molecule has 0 aromatic heterocycles. The van der Waals surface area contributed by atoms with Crippen molar-refractivity contribution in [2.24, 2.45) is 0 Å². The zero-order chi connectivity index (χ0) is 13.6. The molecule has 1 saturated carbocycles. The smallest absolute Gasteiger partial charge is 0.252 e. The zero-order valence-corrected chi connectivity index (χ0v) is 13.4. The van der Waals surface area contributed by atoms with Crippen molar-refractivity contribution in [2.75, 3.05) is 20.2 Å². The topological polar surface area (TPSA) is 50.4 Å². The van der Waals surface area contributed by atoms with Crippen LogP contribution in [0.25, 0.3) is 0 Å². The molecular formula is C15H29ClN2O2. The van der Waals surface area contributed by atoms with Gasteiger partial charge >= 0.3 is 0 Å². The molecule has 1 aliphatic heterocycles. The van der Waals surface area contributed by atoms with Gasteiger partial charge in [0.2, 0.25) is 0 Å². The molecule has 0 unspecified atom stereocenters. The van der Waals surface area contributed by atoms with Crippen LogP contribution in [0.2, 0.25) is 0 Å². The van der Waals surface area contributed by atoms with Crippen LogP contribution in [0.1, 0.15) is 57.8 Å². The first-order chi connectivity index (χ1) is 9.27. The molecule has 2 aliphatic rings. The third-order valence-corrected chi connectivity index (χ3v) is 4.66. The minimum atomic E-state index is -0.590. The van der Waals surface area contributed by atoms with E-state index in [9.17, 15) is 4.79 Å². The molecule has 4 nitrogen and oxygen atoms in total. The molecule has 2 rings (SSSR count). The van der Waals surface area contributed by atoms with Crippen LogP contribution in [0.15, 0.2) is 0 Å². The maximum Gasteiger partial charge on any atom is 0.252 e. The first-order valence-corrected chi connectivity index (χ1v) is 7.84. The minimum absolute atomic E-state index is 0. The predicted molar refractivity (Wildman–Crippen MR) is 83.3 cm³/mol. The lowest BCUT2D eigenvalue weighted by molar-refractivity contribution is -0.147. The molecule has 0 aromatic carbocycles. The lowest BCUT2D eigenvalue weighted by Gasteiger charge is -2.36. The standard InChI is InChI=1S/C15H28N2O2.ClH/c1-19-15(9-11-16-12-10-15)14(18)17-13-7-5-3-2-4-6-8-13;/h13,16H,2-12H2,1H3,(H,17,18);1H. The first kappa shape index (κ1) is 17.7. The van der Waals surface area contributed by atoms with Crippen molar-refractivity contribution < 1.29 is 9.53 Å². The second-order valence-electron chi connectivity index (χ2n) is 5.96. The van der Waals surface area contributed by atoms with Crippen LogP contribution in [0, 0.1) is 0 Å². The molecule has 5 heteroatoms. The van der Waals surface area contributed by atoms with Crippen molar-refractivity contribution in [2.45, 2.75) is 69.4 Å². The molecule has 118 valence electrons. The number of rotatable bonds is 3. The molecule has 0 radical (unpaired) electrons. The van der Waals surface area contributed by atoms with E-state index < -0.39 is 5.60 Å². The number of amides is 1. The second-order valence-corrected chi connectivity index (χ2v) is 5.96. The molecule has 1 amide bonds. The Kier molecular flexibility index (Phi) is 7.85. The molecule has 1 aliphatic carbocycles. The third kappa shape index (κ3) is 4.61. The summed E-state index contributed by atoms with van der Waals surface area (Å²) in [7, 11) is 1.67. The van der Waals surface area contributed by atoms with Gasteiger partial charge in [-0.3, -0.25) is 4.79 Å². The van der Waals surface area contributed by atoms with Crippen molar-refractivity contribution in [3.8, 4) is 0 Å². The molecule has 1 heterocycles. The average molecular weight is 305 g/mol. The minimum Gasteiger partial charge on any atom is -0.368 e. The molecule has 0 spiro atoms. The van der Waals surface area contributed by atoms with Crippen molar-refractivity contribution >= 4 is 18.3 Å². The highest BCUT2D eigenvalue weighted by Crippen LogP contribution is 2.24. The van der Waals surface area contributed by atoms with Crippen LogP contribution in [0.4, 0.5) is 0 Å². The van der Waals surface area contributed by atoms with Gasteiger partial charge < -0.3 is 15.4 Å². The van der Waals surface area contributed by atoms with Crippen LogP contribution >= 0.6 is 12.4 Å². The van der Waals surface area contributed by atoms with Crippen LogP contribution in [0.5, 0.6) is 0 Å². The summed E-state index contributed by atoms with van der Waals surface area (Å²) in [5.41, 5.74) is -0.590. The Morgan fingerprint density at radius 2 is 1.65 bits per heavy atom. The van der Waals surface area contributed by atoms with E-state index in [-0.39, 0.29) is 18.3 Å². The van der Waals surface area contributed by atoms with E-state index in [1.54, 1.807) is 7.11 Å². The van der Waals surface area contributed by atoms with Gasteiger partial charge in [0, 0.05) is 13.2 Å². The SMILES string of the molecule is COC1(C(=O)NC2CCCCCCC2)CCNCC1.Cl. The van der Waals surface area contributed by atoms with E-state index in [4.69, 9.17) is 4.74 Å². The molecule has 2 fully saturated rings. The number of halogens is 1. The Balaban J connectivity index is 0.00000200. The molecule has 2 N–H and O–H groups in total. The molecule has 1 saturated heterocycles. The first-order valence-electron chi connectivity index (χ1n) is 7.84. The van der Waals surface area contributed by atoms with Crippen LogP contribution < -0.4 is 10.6 Å². The van der Waals surface area contributed by atoms with E-state index in [2.05, 4.69) is 10.6 Å². The van der Waals surface area contributed by atoms with E-state index in [1.807, 2.05) is 0 Å². The summed E-state index contributed by atoms with van der Waals surface area (Å²) in [6, 6.07) is 0.356. The van der Waals surface area contributed by atoms with Gasteiger partial charge in [0.15, 0.2) is 0 Å². The number of piperidine rings is 1. The number of hydrogen-bond donors (Lipinski definition) is 2. The van der Waals surface area contributed by atoms with Crippen molar-refractivity contribution in [3.63, 3.8) is 0 Å². The predicted octanol–water partition coefficient (Wildman–Crippen LogP) is 2.41. The van der Waals surface area contributed by atoms with Crippen LogP contribution in [-0.4, -0.2) is 37.7 Å². The Bertz CT molecular complexity index is 286. The summed E-state index contributed by atoms with van der Waals surface area (Å²) < 4.78 is 5.59. The number of carbonyl (C=O) groups excluding carboxylic acids is 1. The molecule has 0 atom stereocenters. The fourth-order valence-electron chi connectivity index (χ4n) is 3.27. The summed E-state index contributed by atoms with van der Waals surface area (Å²) in [5, 5.41) is 6.55. The van der Waals surface area contributed by atoms with Crippen molar-refractivity contribution in [3.05, 3.63) is 0 Å². The zero-order valence-electron chi connectivity index (χ0n) is 12.6. The van der Waals surface area contributed by atoms with Gasteiger partial charge in [0.05, 0.1) is 0 Å². The van der Waals surface area contributed by atoms with Gasteiger partial charge in [-0.15, -0.1) is 12.4 Å². The number of hydrogen-bond acceptors (Lipinski definition) is 3. The van der Waals surface area contributed by atoms with E-state index in [0.29, 0.717) is 6.04 Å². The summed E-state index contributed by atoms with van der Waals surface area (Å²) in [6.07, 6.45) is 10.3. The van der Waals surface area contributed by atoms with Crippen LogP contribution in [0.3, 0.4) is 0 Å². The highest BCUT2D eigenvalue weighted by Gasteiger charge is 2.40. The third-order valence-electron chi connectivity index (χ3n) is 4.66. The lowest BCUT2D eigenvalue weighted by atomic mass is 9.89. The Morgan fingerprint density at radius 3 is 2.20 bits per heavy atom. The van der Waals surface area contributed by atoms with E-state index in [1.165, 1.54) is 32.1 Å². The Hall–Kier alpha value is -0.320. The van der Waals surface area contributed by atoms with Gasteiger partial charge in [-0.25, -0.2) is 0 Å². The average Bonchev–Trinajstić information content (AvgIpc) is 2.42. The monoisotopic (exact) mass is 304 g/mol. The summed E-state index contributed by atoms with van der Waals surface area (Å²) in [5.74, 6) is 0.113. The summed E-state index contributed by atoms with van der Waals surface area (Å²) in [4.78, 5) is 12.6. The molecule has 0 bridgehead atoms. The number of nitrogens with one attached hydrogen (secondary N) is 2. The lowest BCUT2D eigenvalue weighted by Crippen LogP contribution is -2.56. The largest absolute Gasteiger partial charge is 0.368 e. The quantitative estimate of drug-likeness (QED) is 0.842. The second kappa shape index (κ2) is 8.85. The fraction of sp³-hybridized carbons (Fsp3) is 0.933. The van der Waals surface area contributed by atoms with Crippen molar-refractivity contribution in [1.29, 1.82) is 0 Å². The molecule has 0 aromatic rings. The van der Waals surface area contributed by atoms with Gasteiger partial charge in [0.25, 0.3) is 5.91 Å². The van der Waals surface area contributed by atoms with Gasteiger partial charge in [0.1, 0.15) is 5.60 Å². The van der Waals surface area contributed by atoms with Gasteiger partial charge in [-0.2, -0.15) is 0 Å². The van der Waals surface area contributed by atoms with Gasteiger partial charge in [-0.05, 0) is 38.8 Å².